The summed E-state index contributed by atoms with van der Waals surface area (Å²) in [5, 5.41) is 25.7. The van der Waals surface area contributed by atoms with Gasteiger partial charge in [-0.05, 0) is 89.5 Å². The quantitative estimate of drug-likeness (QED) is 0.185. The molecule has 0 N–H and O–H groups in total. The van der Waals surface area contributed by atoms with Gasteiger partial charge in [0.1, 0.15) is 11.2 Å². The molecule has 0 radical (unpaired) electrons. The van der Waals surface area contributed by atoms with Crippen LogP contribution in [0.3, 0.4) is 0 Å². The van der Waals surface area contributed by atoms with E-state index in [0.29, 0.717) is 11.1 Å². The molecule has 0 bridgehead atoms. The summed E-state index contributed by atoms with van der Waals surface area (Å²) < 4.78 is 11.2. The van der Waals surface area contributed by atoms with Gasteiger partial charge in [-0.3, -0.25) is 0 Å². The highest BCUT2D eigenvalue weighted by Gasteiger charge is 2.37. The van der Waals surface area contributed by atoms with E-state index in [9.17, 15) is 10.5 Å². The molecular weight excluding hydrogens is 637 g/mol. The highest BCUT2D eigenvalue weighted by Crippen LogP contribution is 2.53. The van der Waals surface area contributed by atoms with E-state index >= 15 is 0 Å². The highest BCUT2D eigenvalue weighted by atomic mass is 16.3. The van der Waals surface area contributed by atoms with Crippen LogP contribution in [-0.4, -0.2) is 9.13 Å². The van der Waals surface area contributed by atoms with E-state index in [1.807, 2.05) is 42.5 Å². The van der Waals surface area contributed by atoms with Crippen molar-refractivity contribution in [3.8, 4) is 34.6 Å². The molecule has 0 amide bonds. The van der Waals surface area contributed by atoms with Gasteiger partial charge in [0.15, 0.2) is 0 Å². The molecule has 3 aromatic heterocycles. The number of fused-ring (bicyclic) bond motifs is 13. The van der Waals surface area contributed by atoms with E-state index in [-0.39, 0.29) is 5.41 Å². The minimum atomic E-state index is -0.103. The molecule has 0 spiro atoms. The van der Waals surface area contributed by atoms with Gasteiger partial charge in [-0.2, -0.15) is 10.5 Å². The van der Waals surface area contributed by atoms with Crippen LogP contribution in [0.1, 0.15) is 36.1 Å². The number of aromatic nitrogens is 2. The summed E-state index contributed by atoms with van der Waals surface area (Å²) in [4.78, 5) is 0. The number of nitrogens with zero attached hydrogens (tertiary/aromatic N) is 4. The second-order valence-corrected chi connectivity index (χ2v) is 14.4. The molecule has 11 rings (SSSR count). The van der Waals surface area contributed by atoms with Gasteiger partial charge in [0, 0.05) is 60.7 Å². The maximum Gasteiger partial charge on any atom is 0.137 e. The molecule has 0 atom stereocenters. The highest BCUT2D eigenvalue weighted by molar-refractivity contribution is 6.16. The Morgan fingerprint density at radius 1 is 0.500 bits per heavy atom. The molecule has 0 aliphatic heterocycles. The lowest BCUT2D eigenvalue weighted by molar-refractivity contribution is 0.660. The molecule has 7 aromatic carbocycles. The second kappa shape index (κ2) is 10.0. The first-order valence-corrected chi connectivity index (χ1v) is 17.5. The minimum Gasteiger partial charge on any atom is -0.456 e. The molecule has 5 heteroatoms. The summed E-state index contributed by atoms with van der Waals surface area (Å²) in [6, 6.07) is 51.1. The van der Waals surface area contributed by atoms with Gasteiger partial charge in [0.25, 0.3) is 0 Å². The minimum absolute atomic E-state index is 0.103. The van der Waals surface area contributed by atoms with E-state index in [4.69, 9.17) is 4.42 Å². The Morgan fingerprint density at radius 2 is 1.15 bits per heavy atom. The zero-order valence-corrected chi connectivity index (χ0v) is 28.4. The third kappa shape index (κ3) is 3.64. The molecule has 0 saturated carbocycles. The van der Waals surface area contributed by atoms with Gasteiger partial charge < -0.3 is 13.6 Å². The molecule has 52 heavy (non-hydrogen) atoms. The van der Waals surface area contributed by atoms with Gasteiger partial charge in [-0.15, -0.1) is 0 Å². The zero-order valence-electron chi connectivity index (χ0n) is 28.4. The number of rotatable bonds is 2. The fourth-order valence-electron chi connectivity index (χ4n) is 8.98. The monoisotopic (exact) mass is 664 g/mol. The van der Waals surface area contributed by atoms with Crippen LogP contribution in [0, 0.1) is 22.7 Å². The van der Waals surface area contributed by atoms with Crippen molar-refractivity contribution < 1.29 is 4.42 Å². The summed E-state index contributed by atoms with van der Waals surface area (Å²) >= 11 is 0. The first-order valence-electron chi connectivity index (χ1n) is 17.5. The summed E-state index contributed by atoms with van der Waals surface area (Å²) in [6.45, 7) is 4.66. The van der Waals surface area contributed by atoms with Crippen LogP contribution in [-0.2, 0) is 5.41 Å². The third-order valence-electron chi connectivity index (χ3n) is 11.4. The van der Waals surface area contributed by atoms with Crippen LogP contribution >= 0.6 is 0 Å². The molecule has 3 heterocycles. The Bertz CT molecular complexity index is 3230. The van der Waals surface area contributed by atoms with Crippen molar-refractivity contribution in [1.29, 1.82) is 10.5 Å². The van der Waals surface area contributed by atoms with E-state index in [2.05, 4.69) is 126 Å². The molecule has 0 unspecified atom stereocenters. The maximum atomic E-state index is 9.65. The lowest BCUT2D eigenvalue weighted by Gasteiger charge is -2.21. The standard InChI is InChI=1S/C47H28N4O/c1-47(2)38-9-5-3-8-34(38)45-39(47)17-16-33-31-7-4-6-10-40(31)51(46(33)45)30-13-15-32-37-23-29(14-20-43(37)52-44(32)24-30)50-41-18-11-27(25-48)21-35(41)36-22-28(26-49)12-19-42(36)50/h3-24H,1-2H3. The normalized spacial score (nSPS) is 13.3. The number of nitriles is 2. The van der Waals surface area contributed by atoms with Crippen molar-refractivity contribution >= 4 is 65.6 Å². The van der Waals surface area contributed by atoms with Crippen molar-refractivity contribution in [3.63, 3.8) is 0 Å². The Morgan fingerprint density at radius 3 is 1.92 bits per heavy atom. The number of hydrogen-bond acceptors (Lipinski definition) is 3. The van der Waals surface area contributed by atoms with Gasteiger partial charge in [0.2, 0.25) is 0 Å². The zero-order chi connectivity index (χ0) is 34.9. The van der Waals surface area contributed by atoms with Crippen molar-refractivity contribution in [2.45, 2.75) is 19.3 Å². The first-order chi connectivity index (χ1) is 25.4. The number of furan rings is 1. The summed E-state index contributed by atoms with van der Waals surface area (Å²) in [5.74, 6) is 0. The second-order valence-electron chi connectivity index (χ2n) is 14.4. The first kappa shape index (κ1) is 28.7. The summed E-state index contributed by atoms with van der Waals surface area (Å²) in [5.41, 5.74) is 14.4. The number of benzene rings is 7. The van der Waals surface area contributed by atoms with E-state index < -0.39 is 0 Å². The predicted molar refractivity (Wildman–Crippen MR) is 209 cm³/mol. The smallest absolute Gasteiger partial charge is 0.137 e. The van der Waals surface area contributed by atoms with Crippen LogP contribution in [0.2, 0.25) is 0 Å². The lowest BCUT2D eigenvalue weighted by Crippen LogP contribution is -2.14. The molecule has 242 valence electrons. The Kier molecular flexibility index (Phi) is 5.53. The van der Waals surface area contributed by atoms with Crippen LogP contribution in [0.25, 0.3) is 88.1 Å². The Balaban J connectivity index is 1.14. The van der Waals surface area contributed by atoms with Gasteiger partial charge in [-0.1, -0.05) is 68.4 Å². The Labute approximate surface area is 298 Å². The molecule has 0 saturated heterocycles. The molecule has 10 aromatic rings. The number of para-hydroxylation sites is 1. The van der Waals surface area contributed by atoms with Crippen LogP contribution < -0.4 is 0 Å². The van der Waals surface area contributed by atoms with E-state index in [1.165, 1.54) is 38.5 Å². The number of hydrogen-bond donors (Lipinski definition) is 0. The Hall–Kier alpha value is -7.08. The molecule has 0 fully saturated rings. The van der Waals surface area contributed by atoms with Crippen LogP contribution in [0.5, 0.6) is 0 Å². The van der Waals surface area contributed by atoms with Gasteiger partial charge in [0.05, 0.1) is 45.3 Å². The largest absolute Gasteiger partial charge is 0.456 e. The SMILES string of the molecule is CC1(C)c2ccccc2-c2c1ccc1c3ccccc3n(-c3ccc4c(c3)oc3ccc(-n5c6ccc(C#N)cc6c6cc(C#N)ccc65)cc34)c21. The average Bonchev–Trinajstić information content (AvgIpc) is 3.89. The summed E-state index contributed by atoms with van der Waals surface area (Å²) in [6.07, 6.45) is 0. The maximum absolute atomic E-state index is 9.65. The van der Waals surface area contributed by atoms with Gasteiger partial charge in [-0.25, -0.2) is 0 Å². The van der Waals surface area contributed by atoms with E-state index in [0.717, 1.165) is 60.6 Å². The molecule has 1 aliphatic rings. The summed E-state index contributed by atoms with van der Waals surface area (Å²) in [7, 11) is 0. The van der Waals surface area contributed by atoms with E-state index in [1.54, 1.807) is 0 Å². The van der Waals surface area contributed by atoms with Crippen LogP contribution in [0.15, 0.2) is 138 Å². The molecular formula is C47H28N4O. The third-order valence-corrected chi connectivity index (χ3v) is 11.4. The molecule has 5 nitrogen and oxygen atoms in total. The fourth-order valence-corrected chi connectivity index (χ4v) is 8.98. The topological polar surface area (TPSA) is 70.6 Å². The average molecular weight is 665 g/mol. The predicted octanol–water partition coefficient (Wildman–Crippen LogP) is 11.8. The van der Waals surface area contributed by atoms with Crippen molar-refractivity contribution in [2.75, 3.05) is 0 Å². The van der Waals surface area contributed by atoms with Crippen molar-refractivity contribution in [2.24, 2.45) is 0 Å². The van der Waals surface area contributed by atoms with Crippen molar-refractivity contribution in [1.82, 2.24) is 9.13 Å². The molecule has 1 aliphatic carbocycles. The van der Waals surface area contributed by atoms with Crippen molar-refractivity contribution in [3.05, 3.63) is 156 Å². The van der Waals surface area contributed by atoms with Gasteiger partial charge >= 0.3 is 0 Å². The van der Waals surface area contributed by atoms with Crippen LogP contribution in [0.4, 0.5) is 0 Å². The fraction of sp³-hybridized carbons (Fsp3) is 0.0638. The lowest BCUT2D eigenvalue weighted by atomic mass is 9.82.